The predicted octanol–water partition coefficient (Wildman–Crippen LogP) is 2.22. The van der Waals surface area contributed by atoms with Gasteiger partial charge in [0.1, 0.15) is 0 Å². The van der Waals surface area contributed by atoms with Gasteiger partial charge in [0.05, 0.1) is 0 Å². The number of hydrogen-bond donors (Lipinski definition) is 0. The van der Waals surface area contributed by atoms with E-state index >= 15 is 0 Å². The average Bonchev–Trinajstić information content (AvgIpc) is 1.36. The second kappa shape index (κ2) is 2.59. The molecule has 6 heavy (non-hydrogen) atoms. The third-order valence-corrected chi connectivity index (χ3v) is 0.660. The van der Waals surface area contributed by atoms with Crippen LogP contribution in [-0.4, -0.2) is 5.63 Å². The normalized spacial score (nSPS) is 15.5. The van der Waals surface area contributed by atoms with Crippen molar-refractivity contribution in [2.75, 3.05) is 0 Å². The maximum atomic E-state index is 11.0. The van der Waals surface area contributed by atoms with Crippen LogP contribution in [0.25, 0.3) is 0 Å². The first-order valence-corrected chi connectivity index (χ1v) is 1.92. The summed E-state index contributed by atoms with van der Waals surface area (Å²) in [6, 6.07) is 0. The van der Waals surface area contributed by atoms with Crippen molar-refractivity contribution in [1.82, 2.24) is 0 Å². The molecule has 0 aliphatic heterocycles. The molecule has 0 aromatic heterocycles. The molecule has 0 aromatic rings. The van der Waals surface area contributed by atoms with E-state index in [1.807, 2.05) is 0 Å². The molecule has 4 heteroatoms. The molecular formula is C2HCl2F2. The summed E-state index contributed by atoms with van der Waals surface area (Å²) in [6.45, 7) is 0. The highest BCUT2D eigenvalue weighted by Gasteiger charge is 2.13. The molecule has 1 unspecified atom stereocenters. The van der Waals surface area contributed by atoms with Crippen LogP contribution in [0.3, 0.4) is 0 Å². The Hall–Kier alpha value is 0.440. The lowest BCUT2D eigenvalue weighted by atomic mass is 10.8. The van der Waals surface area contributed by atoms with Crippen molar-refractivity contribution in [2.45, 2.75) is 5.63 Å². The summed E-state index contributed by atoms with van der Waals surface area (Å²) in [5.74, 6) is 0. The molecule has 0 fully saturated rings. The zero-order chi connectivity index (χ0) is 5.15. The SMILES string of the molecule is F[C](Cl)C(F)Cl. The lowest BCUT2D eigenvalue weighted by Gasteiger charge is -1.89. The molecule has 0 nitrogen and oxygen atoms in total. The van der Waals surface area contributed by atoms with Crippen LogP contribution in [0.4, 0.5) is 8.78 Å². The van der Waals surface area contributed by atoms with Crippen molar-refractivity contribution in [2.24, 2.45) is 0 Å². The van der Waals surface area contributed by atoms with E-state index in [0.717, 1.165) is 0 Å². The summed E-state index contributed by atoms with van der Waals surface area (Å²) in [4.78, 5) is 0. The summed E-state index contributed by atoms with van der Waals surface area (Å²) in [5, 5.41) is 0. The maximum Gasteiger partial charge on any atom is 0.280 e. The lowest BCUT2D eigenvalue weighted by molar-refractivity contribution is 0.387. The van der Waals surface area contributed by atoms with Crippen LogP contribution in [-0.2, 0) is 0 Å². The highest BCUT2D eigenvalue weighted by Crippen LogP contribution is 2.19. The van der Waals surface area contributed by atoms with Crippen LogP contribution >= 0.6 is 23.2 Å². The summed E-state index contributed by atoms with van der Waals surface area (Å²) in [7, 11) is 0. The van der Waals surface area contributed by atoms with Gasteiger partial charge in [-0.2, -0.15) is 0 Å². The lowest BCUT2D eigenvalue weighted by Crippen LogP contribution is -1.89. The zero-order valence-corrected chi connectivity index (χ0v) is 4.10. The quantitative estimate of drug-likeness (QED) is 0.482. The summed E-state index contributed by atoms with van der Waals surface area (Å²) in [6.07, 6.45) is 0. The Bertz CT molecular complexity index is 30.5. The van der Waals surface area contributed by atoms with E-state index in [-0.39, 0.29) is 0 Å². The Morgan fingerprint density at radius 3 is 1.83 bits per heavy atom. The fourth-order valence-electron chi connectivity index (χ4n) is 0. The Labute approximate surface area is 44.0 Å². The molecule has 0 bridgehead atoms. The number of halogens is 4. The van der Waals surface area contributed by atoms with Crippen molar-refractivity contribution in [1.29, 1.82) is 0 Å². The van der Waals surface area contributed by atoms with E-state index < -0.39 is 11.3 Å². The standard InChI is InChI=1S/C2HCl2F2/c3-1(5)2(4)6/h1H. The molecule has 0 aliphatic carbocycles. The minimum atomic E-state index is -2.16. The Kier molecular flexibility index (Phi) is 2.78. The predicted molar refractivity (Wildman–Crippen MR) is 21.0 cm³/mol. The molecule has 37 valence electrons. The molecule has 0 aliphatic rings. The molecule has 0 heterocycles. The fraction of sp³-hybridized carbons (Fsp3) is 0.500. The summed E-state index contributed by atoms with van der Waals surface area (Å²) >= 11 is 8.76. The maximum absolute atomic E-state index is 11.0. The van der Waals surface area contributed by atoms with E-state index in [0.29, 0.717) is 0 Å². The van der Waals surface area contributed by atoms with Crippen LogP contribution in [0.15, 0.2) is 0 Å². The van der Waals surface area contributed by atoms with Crippen molar-refractivity contribution in [3.05, 3.63) is 5.63 Å². The van der Waals surface area contributed by atoms with Gasteiger partial charge < -0.3 is 0 Å². The first-order valence-electron chi connectivity index (χ1n) is 1.10. The van der Waals surface area contributed by atoms with Gasteiger partial charge in [0.15, 0.2) is 0 Å². The van der Waals surface area contributed by atoms with Gasteiger partial charge in [-0.1, -0.05) is 23.2 Å². The minimum absolute atomic E-state index is 1.42. The number of hydrogen-bond acceptors (Lipinski definition) is 0. The summed E-state index contributed by atoms with van der Waals surface area (Å²) < 4.78 is 22.0. The molecular weight excluding hydrogens is 133 g/mol. The molecule has 0 N–H and O–H groups in total. The zero-order valence-electron chi connectivity index (χ0n) is 2.59. The van der Waals surface area contributed by atoms with Crippen molar-refractivity contribution in [3.63, 3.8) is 0 Å². The Balaban J connectivity index is 2.99. The smallest absolute Gasteiger partial charge is 0.225 e. The largest absolute Gasteiger partial charge is 0.280 e. The second-order valence-corrected chi connectivity index (χ2v) is 1.33. The van der Waals surface area contributed by atoms with E-state index in [4.69, 9.17) is 0 Å². The molecule has 0 rings (SSSR count). The fourth-order valence-corrected chi connectivity index (χ4v) is 0. The van der Waals surface area contributed by atoms with Gasteiger partial charge in [-0.15, -0.1) is 0 Å². The third kappa shape index (κ3) is 2.67. The van der Waals surface area contributed by atoms with Crippen LogP contribution in [0, 0.1) is 5.63 Å². The van der Waals surface area contributed by atoms with E-state index in [2.05, 4.69) is 23.2 Å². The van der Waals surface area contributed by atoms with Gasteiger partial charge in [-0.25, -0.2) is 8.78 Å². The molecule has 0 amide bonds. The van der Waals surface area contributed by atoms with Crippen LogP contribution in [0.2, 0.25) is 0 Å². The highest BCUT2D eigenvalue weighted by atomic mass is 35.5. The van der Waals surface area contributed by atoms with E-state index in [1.54, 1.807) is 0 Å². The second-order valence-electron chi connectivity index (χ2n) is 0.590. The van der Waals surface area contributed by atoms with Crippen molar-refractivity contribution >= 4 is 23.2 Å². The van der Waals surface area contributed by atoms with Gasteiger partial charge in [0.25, 0.3) is 5.63 Å². The monoisotopic (exact) mass is 133 g/mol. The molecule has 1 atom stereocenters. The van der Waals surface area contributed by atoms with E-state index in [1.165, 1.54) is 0 Å². The highest BCUT2D eigenvalue weighted by molar-refractivity contribution is 6.33. The van der Waals surface area contributed by atoms with E-state index in [9.17, 15) is 8.78 Å². The molecule has 0 saturated heterocycles. The van der Waals surface area contributed by atoms with Gasteiger partial charge in [0.2, 0.25) is 5.63 Å². The molecule has 0 saturated carbocycles. The topological polar surface area (TPSA) is 0 Å². The number of rotatable bonds is 1. The average molecular weight is 134 g/mol. The molecule has 0 spiro atoms. The Morgan fingerprint density at radius 2 is 1.83 bits per heavy atom. The van der Waals surface area contributed by atoms with Crippen LogP contribution in [0.5, 0.6) is 0 Å². The van der Waals surface area contributed by atoms with Crippen LogP contribution < -0.4 is 0 Å². The number of alkyl halides is 2. The van der Waals surface area contributed by atoms with Crippen molar-refractivity contribution < 1.29 is 8.78 Å². The first-order chi connectivity index (χ1) is 2.64. The minimum Gasteiger partial charge on any atom is -0.225 e. The van der Waals surface area contributed by atoms with Crippen LogP contribution in [0.1, 0.15) is 0 Å². The van der Waals surface area contributed by atoms with Crippen molar-refractivity contribution in [3.8, 4) is 0 Å². The summed E-state index contributed by atoms with van der Waals surface area (Å²) in [5.41, 5.74) is -3.58. The van der Waals surface area contributed by atoms with Gasteiger partial charge in [0, 0.05) is 0 Å². The molecule has 1 radical (unpaired) electrons. The Morgan fingerprint density at radius 1 is 1.67 bits per heavy atom. The first kappa shape index (κ1) is 6.44. The van der Waals surface area contributed by atoms with Gasteiger partial charge in [-0.3, -0.25) is 0 Å². The molecule has 0 aromatic carbocycles. The van der Waals surface area contributed by atoms with Gasteiger partial charge >= 0.3 is 0 Å². The third-order valence-electron chi connectivity index (χ3n) is 0.165. The van der Waals surface area contributed by atoms with Gasteiger partial charge in [-0.05, 0) is 0 Å².